The molecule has 0 amide bonds. The quantitative estimate of drug-likeness (QED) is 0.848. The van der Waals surface area contributed by atoms with Gasteiger partial charge in [-0.25, -0.2) is 4.79 Å². The van der Waals surface area contributed by atoms with E-state index in [0.29, 0.717) is 11.4 Å². The number of benzene rings is 1. The van der Waals surface area contributed by atoms with Crippen molar-refractivity contribution in [1.29, 1.82) is 0 Å². The highest BCUT2D eigenvalue weighted by Crippen LogP contribution is 2.34. The summed E-state index contributed by atoms with van der Waals surface area (Å²) in [6.07, 6.45) is 0. The molecule has 0 spiro atoms. The maximum atomic E-state index is 11.8. The van der Waals surface area contributed by atoms with E-state index in [0.717, 1.165) is 10.0 Å². The van der Waals surface area contributed by atoms with Crippen molar-refractivity contribution in [3.8, 4) is 17.0 Å². The minimum atomic E-state index is -0.517. The molecule has 0 saturated heterocycles. The van der Waals surface area contributed by atoms with Gasteiger partial charge in [0.25, 0.3) is 0 Å². The third-order valence-corrected chi connectivity index (χ3v) is 3.30. The second-order valence-corrected chi connectivity index (χ2v) is 4.99. The van der Waals surface area contributed by atoms with Crippen molar-refractivity contribution in [2.24, 2.45) is 0 Å². The molecule has 0 aliphatic rings. The van der Waals surface area contributed by atoms with Crippen LogP contribution in [0, 0.1) is 6.92 Å². The fraction of sp³-hybridized carbons (Fsp3) is 0.214. The number of carbonyl (C=O) groups excluding carboxylic acids is 1. The molecule has 19 heavy (non-hydrogen) atoms. The van der Waals surface area contributed by atoms with Gasteiger partial charge in [0, 0.05) is 15.7 Å². The van der Waals surface area contributed by atoms with Crippen molar-refractivity contribution in [2.45, 2.75) is 13.8 Å². The van der Waals surface area contributed by atoms with Gasteiger partial charge in [0.05, 0.1) is 12.3 Å². The average molecular weight is 324 g/mol. The van der Waals surface area contributed by atoms with Crippen LogP contribution in [-0.2, 0) is 4.74 Å². The summed E-state index contributed by atoms with van der Waals surface area (Å²) in [6, 6.07) is 7.44. The van der Waals surface area contributed by atoms with Crippen molar-refractivity contribution < 1.29 is 14.6 Å². The van der Waals surface area contributed by atoms with Crippen molar-refractivity contribution in [3.63, 3.8) is 0 Å². The second-order valence-electron chi connectivity index (χ2n) is 4.08. The zero-order valence-electron chi connectivity index (χ0n) is 10.7. The van der Waals surface area contributed by atoms with Gasteiger partial charge >= 0.3 is 5.97 Å². The Balaban J connectivity index is 2.46. The number of nitrogens with one attached hydrogen (secondary N) is 1. The normalized spacial score (nSPS) is 10.5. The summed E-state index contributed by atoms with van der Waals surface area (Å²) in [5.74, 6) is -0.588. The van der Waals surface area contributed by atoms with E-state index in [1.165, 1.54) is 0 Å². The van der Waals surface area contributed by atoms with Gasteiger partial charge < -0.3 is 14.8 Å². The van der Waals surface area contributed by atoms with Gasteiger partial charge in [-0.15, -0.1) is 0 Å². The van der Waals surface area contributed by atoms with Crippen LogP contribution in [0.1, 0.15) is 23.0 Å². The SMILES string of the molecule is CCOC(=O)c1c(C)[nH]c(-c2ccc(Br)cc2)c1O. The van der Waals surface area contributed by atoms with Gasteiger partial charge in [-0.05, 0) is 26.0 Å². The molecular formula is C14H14BrNO3. The van der Waals surface area contributed by atoms with Crippen LogP contribution in [0.15, 0.2) is 28.7 Å². The van der Waals surface area contributed by atoms with E-state index >= 15 is 0 Å². The summed E-state index contributed by atoms with van der Waals surface area (Å²) in [6.45, 7) is 3.73. The van der Waals surface area contributed by atoms with Crippen LogP contribution in [-0.4, -0.2) is 22.7 Å². The Hall–Kier alpha value is -1.75. The topological polar surface area (TPSA) is 62.3 Å². The zero-order chi connectivity index (χ0) is 14.0. The number of esters is 1. The fourth-order valence-electron chi connectivity index (χ4n) is 1.89. The van der Waals surface area contributed by atoms with Crippen LogP contribution >= 0.6 is 15.9 Å². The van der Waals surface area contributed by atoms with Crippen molar-refractivity contribution in [1.82, 2.24) is 4.98 Å². The molecular weight excluding hydrogens is 310 g/mol. The fourth-order valence-corrected chi connectivity index (χ4v) is 2.15. The van der Waals surface area contributed by atoms with E-state index in [1.54, 1.807) is 13.8 Å². The molecule has 0 unspecified atom stereocenters. The summed E-state index contributed by atoms with van der Waals surface area (Å²) >= 11 is 3.35. The monoisotopic (exact) mass is 323 g/mol. The van der Waals surface area contributed by atoms with E-state index in [1.807, 2.05) is 24.3 Å². The number of H-pyrrole nitrogens is 1. The summed E-state index contributed by atoms with van der Waals surface area (Å²) < 4.78 is 5.88. The van der Waals surface area contributed by atoms with Gasteiger partial charge in [-0.2, -0.15) is 0 Å². The highest BCUT2D eigenvalue weighted by molar-refractivity contribution is 9.10. The molecule has 1 heterocycles. The van der Waals surface area contributed by atoms with E-state index in [9.17, 15) is 9.90 Å². The second kappa shape index (κ2) is 5.48. The lowest BCUT2D eigenvalue weighted by atomic mass is 10.1. The predicted molar refractivity (Wildman–Crippen MR) is 76.3 cm³/mol. The first kappa shape index (κ1) is 13.7. The van der Waals surface area contributed by atoms with Gasteiger partial charge in [0.15, 0.2) is 5.75 Å². The largest absolute Gasteiger partial charge is 0.505 e. The van der Waals surface area contributed by atoms with Gasteiger partial charge in [0.1, 0.15) is 5.56 Å². The number of halogens is 1. The first-order valence-corrected chi connectivity index (χ1v) is 6.68. The first-order chi connectivity index (χ1) is 9.04. The van der Waals surface area contributed by atoms with Crippen LogP contribution in [0.4, 0.5) is 0 Å². The Morgan fingerprint density at radius 2 is 2.00 bits per heavy atom. The molecule has 4 nitrogen and oxygen atoms in total. The molecule has 0 bridgehead atoms. The number of hydrogen-bond donors (Lipinski definition) is 2. The molecule has 2 rings (SSSR count). The van der Waals surface area contributed by atoms with Crippen LogP contribution in [0.3, 0.4) is 0 Å². The molecule has 2 aromatic rings. The standard InChI is InChI=1S/C14H14BrNO3/c1-3-19-14(18)11-8(2)16-12(13(11)17)9-4-6-10(15)7-5-9/h4-7,16-17H,3H2,1-2H3. The highest BCUT2D eigenvalue weighted by atomic mass is 79.9. The molecule has 100 valence electrons. The number of aromatic nitrogens is 1. The Kier molecular flexibility index (Phi) is 3.95. The van der Waals surface area contributed by atoms with E-state index in [-0.39, 0.29) is 17.9 Å². The van der Waals surface area contributed by atoms with Crippen LogP contribution < -0.4 is 0 Å². The molecule has 0 radical (unpaired) electrons. The highest BCUT2D eigenvalue weighted by Gasteiger charge is 2.22. The van der Waals surface area contributed by atoms with Crippen LogP contribution in [0.2, 0.25) is 0 Å². The van der Waals surface area contributed by atoms with E-state index in [4.69, 9.17) is 4.74 Å². The van der Waals surface area contributed by atoms with Crippen molar-refractivity contribution in [3.05, 3.63) is 40.0 Å². The lowest BCUT2D eigenvalue weighted by molar-refractivity contribution is 0.0522. The molecule has 0 aliphatic heterocycles. The number of rotatable bonds is 3. The smallest absolute Gasteiger partial charge is 0.343 e. The van der Waals surface area contributed by atoms with Crippen molar-refractivity contribution in [2.75, 3.05) is 6.61 Å². The Morgan fingerprint density at radius 3 is 2.58 bits per heavy atom. The number of aromatic amines is 1. The van der Waals surface area contributed by atoms with Gasteiger partial charge in [0.2, 0.25) is 0 Å². The number of aromatic hydroxyl groups is 1. The predicted octanol–water partition coefficient (Wildman–Crippen LogP) is 3.63. The molecule has 2 N–H and O–H groups in total. The lowest BCUT2D eigenvalue weighted by Gasteiger charge is -2.02. The summed E-state index contributed by atoms with van der Waals surface area (Å²) in [5, 5.41) is 10.2. The van der Waals surface area contributed by atoms with Crippen LogP contribution in [0.5, 0.6) is 5.75 Å². The number of aryl methyl sites for hydroxylation is 1. The van der Waals surface area contributed by atoms with Gasteiger partial charge in [-0.1, -0.05) is 28.1 Å². The molecule has 0 atom stereocenters. The minimum absolute atomic E-state index is 0.0710. The molecule has 0 fully saturated rings. The summed E-state index contributed by atoms with van der Waals surface area (Å²) in [7, 11) is 0. The molecule has 0 aliphatic carbocycles. The van der Waals surface area contributed by atoms with E-state index < -0.39 is 5.97 Å². The van der Waals surface area contributed by atoms with Crippen LogP contribution in [0.25, 0.3) is 11.3 Å². The molecule has 0 saturated carbocycles. The third kappa shape index (κ3) is 2.66. The first-order valence-electron chi connectivity index (χ1n) is 5.89. The Labute approximate surface area is 119 Å². The summed E-state index contributed by atoms with van der Waals surface area (Å²) in [5.41, 5.74) is 2.11. The maximum absolute atomic E-state index is 11.8. The van der Waals surface area contributed by atoms with Crippen molar-refractivity contribution >= 4 is 21.9 Å². The lowest BCUT2D eigenvalue weighted by Crippen LogP contribution is -2.05. The summed E-state index contributed by atoms with van der Waals surface area (Å²) in [4.78, 5) is 14.8. The molecule has 5 heteroatoms. The molecule has 1 aromatic carbocycles. The Bertz CT molecular complexity index is 602. The zero-order valence-corrected chi connectivity index (χ0v) is 12.2. The number of ether oxygens (including phenoxy) is 1. The number of hydrogen-bond acceptors (Lipinski definition) is 3. The molecule has 1 aromatic heterocycles. The maximum Gasteiger partial charge on any atom is 0.343 e. The minimum Gasteiger partial charge on any atom is -0.505 e. The van der Waals surface area contributed by atoms with E-state index in [2.05, 4.69) is 20.9 Å². The average Bonchev–Trinajstić information content (AvgIpc) is 2.66. The third-order valence-electron chi connectivity index (χ3n) is 2.77. The van der Waals surface area contributed by atoms with Gasteiger partial charge in [-0.3, -0.25) is 0 Å². The number of carbonyl (C=O) groups is 1. The Morgan fingerprint density at radius 1 is 1.37 bits per heavy atom.